The van der Waals surface area contributed by atoms with Gasteiger partial charge in [0.2, 0.25) is 11.8 Å². The average Bonchev–Trinajstić information content (AvgIpc) is 3.08. The lowest BCUT2D eigenvalue weighted by atomic mass is 10.1. The number of aryl methyl sites for hydroxylation is 1. The molecule has 2 amide bonds. The number of aromatic nitrogens is 1. The third-order valence-corrected chi connectivity index (χ3v) is 4.89. The number of hydrogen-bond acceptors (Lipinski definition) is 5. The van der Waals surface area contributed by atoms with Gasteiger partial charge in [-0.15, -0.1) is 11.3 Å². The summed E-state index contributed by atoms with van der Waals surface area (Å²) >= 11 is 1.67. The number of amides is 2. The zero-order valence-electron chi connectivity index (χ0n) is 12.2. The van der Waals surface area contributed by atoms with Gasteiger partial charge in [0.05, 0.1) is 16.6 Å². The van der Waals surface area contributed by atoms with Crippen molar-refractivity contribution in [2.24, 2.45) is 5.92 Å². The lowest BCUT2D eigenvalue weighted by Gasteiger charge is -2.35. The topological polar surface area (TPSA) is 65.5 Å². The number of nitrogens with one attached hydrogen (secondary N) is 1. The van der Waals surface area contributed by atoms with Gasteiger partial charge in [-0.1, -0.05) is 0 Å². The number of nitrogens with zero attached hydrogens (tertiary/aromatic N) is 3. The highest BCUT2D eigenvalue weighted by Crippen LogP contribution is 2.16. The largest absolute Gasteiger partial charge is 0.355 e. The van der Waals surface area contributed by atoms with E-state index in [1.165, 1.54) is 0 Å². The van der Waals surface area contributed by atoms with Gasteiger partial charge in [-0.2, -0.15) is 0 Å². The molecule has 21 heavy (non-hydrogen) atoms. The van der Waals surface area contributed by atoms with Crippen molar-refractivity contribution in [3.8, 4) is 0 Å². The third-order valence-electron chi connectivity index (χ3n) is 4.06. The van der Waals surface area contributed by atoms with E-state index in [4.69, 9.17) is 0 Å². The Morgan fingerprint density at radius 3 is 2.76 bits per heavy atom. The SMILES string of the molecule is Cc1nc(CN2CCN(C(=O)C3CNC(=O)C3)CC2)cs1. The molecule has 1 aromatic heterocycles. The quantitative estimate of drug-likeness (QED) is 0.868. The van der Waals surface area contributed by atoms with Crippen LogP contribution >= 0.6 is 11.3 Å². The summed E-state index contributed by atoms with van der Waals surface area (Å²) in [6.07, 6.45) is 0.344. The Labute approximate surface area is 128 Å². The number of hydrogen-bond donors (Lipinski definition) is 1. The normalized spacial score (nSPS) is 23.4. The van der Waals surface area contributed by atoms with Gasteiger partial charge in [0.1, 0.15) is 0 Å². The van der Waals surface area contributed by atoms with Gasteiger partial charge in [0.15, 0.2) is 0 Å². The fourth-order valence-electron chi connectivity index (χ4n) is 2.87. The lowest BCUT2D eigenvalue weighted by molar-refractivity contribution is -0.137. The summed E-state index contributed by atoms with van der Waals surface area (Å²) in [5.41, 5.74) is 1.11. The summed E-state index contributed by atoms with van der Waals surface area (Å²) in [5, 5.41) is 5.92. The Kier molecular flexibility index (Phi) is 4.21. The maximum Gasteiger partial charge on any atom is 0.228 e. The molecule has 1 atom stereocenters. The second kappa shape index (κ2) is 6.11. The van der Waals surface area contributed by atoms with Crippen molar-refractivity contribution in [1.82, 2.24) is 20.1 Å². The Bertz CT molecular complexity index is 537. The summed E-state index contributed by atoms with van der Waals surface area (Å²) in [6, 6.07) is 0. The van der Waals surface area contributed by atoms with Gasteiger partial charge >= 0.3 is 0 Å². The zero-order chi connectivity index (χ0) is 14.8. The van der Waals surface area contributed by atoms with E-state index >= 15 is 0 Å². The molecule has 1 aromatic rings. The molecule has 3 heterocycles. The summed E-state index contributed by atoms with van der Waals surface area (Å²) in [6.45, 7) is 6.60. The fourth-order valence-corrected chi connectivity index (χ4v) is 3.48. The van der Waals surface area contributed by atoms with Gasteiger partial charge in [0, 0.05) is 51.1 Å². The lowest BCUT2D eigenvalue weighted by Crippen LogP contribution is -2.50. The van der Waals surface area contributed by atoms with Crippen molar-refractivity contribution >= 4 is 23.2 Å². The van der Waals surface area contributed by atoms with E-state index in [0.29, 0.717) is 13.0 Å². The summed E-state index contributed by atoms with van der Waals surface area (Å²) in [4.78, 5) is 32.2. The molecule has 3 rings (SSSR count). The van der Waals surface area contributed by atoms with Crippen LogP contribution in [-0.4, -0.2) is 59.3 Å². The Hall–Kier alpha value is -1.47. The molecular formula is C14H20N4O2S. The van der Waals surface area contributed by atoms with E-state index in [2.05, 4.69) is 20.6 Å². The first kappa shape index (κ1) is 14.5. The summed E-state index contributed by atoms with van der Waals surface area (Å²) < 4.78 is 0. The van der Waals surface area contributed by atoms with Crippen molar-refractivity contribution < 1.29 is 9.59 Å². The maximum atomic E-state index is 12.3. The zero-order valence-corrected chi connectivity index (χ0v) is 13.0. The molecule has 0 aliphatic carbocycles. The predicted molar refractivity (Wildman–Crippen MR) is 79.8 cm³/mol. The number of thiazole rings is 1. The highest BCUT2D eigenvalue weighted by atomic mass is 32.1. The number of carbonyl (C=O) groups is 2. The van der Waals surface area contributed by atoms with Crippen molar-refractivity contribution in [3.63, 3.8) is 0 Å². The van der Waals surface area contributed by atoms with Crippen LogP contribution in [0.25, 0.3) is 0 Å². The molecule has 0 saturated carbocycles. The van der Waals surface area contributed by atoms with E-state index in [1.54, 1.807) is 11.3 Å². The van der Waals surface area contributed by atoms with Crippen LogP contribution in [0.2, 0.25) is 0 Å². The third kappa shape index (κ3) is 3.41. The minimum absolute atomic E-state index is 0.00844. The van der Waals surface area contributed by atoms with E-state index in [9.17, 15) is 9.59 Å². The number of rotatable bonds is 3. The minimum Gasteiger partial charge on any atom is -0.355 e. The highest BCUT2D eigenvalue weighted by Gasteiger charge is 2.32. The van der Waals surface area contributed by atoms with Crippen LogP contribution < -0.4 is 5.32 Å². The van der Waals surface area contributed by atoms with Gasteiger partial charge in [-0.05, 0) is 6.92 Å². The Balaban J connectivity index is 1.48. The van der Waals surface area contributed by atoms with Gasteiger partial charge < -0.3 is 10.2 Å². The van der Waals surface area contributed by atoms with E-state index in [1.807, 2.05) is 11.8 Å². The summed E-state index contributed by atoms with van der Waals surface area (Å²) in [5.74, 6) is -0.0476. The molecule has 1 N–H and O–H groups in total. The molecule has 114 valence electrons. The maximum absolute atomic E-state index is 12.3. The first-order valence-corrected chi connectivity index (χ1v) is 8.18. The molecule has 0 radical (unpaired) electrons. The van der Waals surface area contributed by atoms with Crippen LogP contribution in [0.5, 0.6) is 0 Å². The molecule has 2 fully saturated rings. The molecule has 6 nitrogen and oxygen atoms in total. The van der Waals surface area contributed by atoms with Crippen LogP contribution in [-0.2, 0) is 16.1 Å². The van der Waals surface area contributed by atoms with Crippen molar-refractivity contribution in [2.75, 3.05) is 32.7 Å². The van der Waals surface area contributed by atoms with Gasteiger partial charge in [-0.3, -0.25) is 14.5 Å². The molecule has 1 unspecified atom stereocenters. The molecule has 0 bridgehead atoms. The van der Waals surface area contributed by atoms with Crippen molar-refractivity contribution in [2.45, 2.75) is 19.9 Å². The standard InChI is InChI=1S/C14H20N4O2S/c1-10-16-12(9-21-10)8-17-2-4-18(5-3-17)14(20)11-6-13(19)15-7-11/h9,11H,2-8H2,1H3,(H,15,19). The van der Waals surface area contributed by atoms with Gasteiger partial charge in [-0.25, -0.2) is 4.98 Å². The number of carbonyl (C=O) groups excluding carboxylic acids is 2. The molecular weight excluding hydrogens is 288 g/mol. The van der Waals surface area contributed by atoms with E-state index < -0.39 is 0 Å². The second-order valence-electron chi connectivity index (χ2n) is 5.66. The molecule has 0 spiro atoms. The van der Waals surface area contributed by atoms with Crippen molar-refractivity contribution in [1.29, 1.82) is 0 Å². The number of piperazine rings is 1. The Morgan fingerprint density at radius 1 is 1.43 bits per heavy atom. The molecule has 7 heteroatoms. The van der Waals surface area contributed by atoms with Crippen molar-refractivity contribution in [3.05, 3.63) is 16.1 Å². The first-order valence-electron chi connectivity index (χ1n) is 7.30. The van der Waals surface area contributed by atoms with Crippen LogP contribution in [0.15, 0.2) is 5.38 Å². The summed E-state index contributed by atoms with van der Waals surface area (Å²) in [7, 11) is 0. The Morgan fingerprint density at radius 2 is 2.19 bits per heavy atom. The average molecular weight is 308 g/mol. The predicted octanol–water partition coefficient (Wildman–Crippen LogP) is 0.232. The minimum atomic E-state index is -0.162. The molecule has 2 saturated heterocycles. The van der Waals surface area contributed by atoms with Crippen LogP contribution in [0.1, 0.15) is 17.1 Å². The molecule has 0 aromatic carbocycles. The van der Waals surface area contributed by atoms with Gasteiger partial charge in [0.25, 0.3) is 0 Å². The van der Waals surface area contributed by atoms with E-state index in [0.717, 1.165) is 43.4 Å². The monoisotopic (exact) mass is 308 g/mol. The van der Waals surface area contributed by atoms with E-state index in [-0.39, 0.29) is 17.7 Å². The molecule has 2 aliphatic heterocycles. The van der Waals surface area contributed by atoms with Crippen LogP contribution in [0, 0.1) is 12.8 Å². The van der Waals surface area contributed by atoms with Crippen LogP contribution in [0.3, 0.4) is 0 Å². The first-order chi connectivity index (χ1) is 10.1. The highest BCUT2D eigenvalue weighted by molar-refractivity contribution is 7.09. The smallest absolute Gasteiger partial charge is 0.228 e. The fraction of sp³-hybridized carbons (Fsp3) is 0.643. The second-order valence-corrected chi connectivity index (χ2v) is 6.73. The van der Waals surface area contributed by atoms with Crippen LogP contribution in [0.4, 0.5) is 0 Å². The molecule has 2 aliphatic rings.